The van der Waals surface area contributed by atoms with E-state index in [0.29, 0.717) is 6.42 Å². The van der Waals surface area contributed by atoms with Crippen LogP contribution in [0.4, 0.5) is 5.69 Å². The van der Waals surface area contributed by atoms with E-state index in [-0.39, 0.29) is 5.91 Å². The topological polar surface area (TPSA) is 72.7 Å². The number of thioether (sulfide) groups is 1. The first kappa shape index (κ1) is 16.2. The van der Waals surface area contributed by atoms with Gasteiger partial charge in [0, 0.05) is 17.0 Å². The minimum Gasteiger partial charge on any atom is -0.324 e. The third-order valence-electron chi connectivity index (χ3n) is 3.60. The molecule has 1 atom stereocenters. The van der Waals surface area contributed by atoms with Crippen molar-refractivity contribution in [1.29, 1.82) is 0 Å². The molecule has 1 N–H and O–H groups in total. The molecule has 0 fully saturated rings. The molecule has 7 heteroatoms. The first-order valence-corrected chi connectivity index (χ1v) is 8.70. The van der Waals surface area contributed by atoms with Crippen LogP contribution >= 0.6 is 11.8 Å². The summed E-state index contributed by atoms with van der Waals surface area (Å²) in [5.74, 6) is -0.149. The van der Waals surface area contributed by atoms with Gasteiger partial charge in [-0.25, -0.2) is 4.68 Å². The normalized spacial score (nSPS) is 11.9. The first-order chi connectivity index (χ1) is 11.8. The van der Waals surface area contributed by atoms with E-state index in [1.54, 1.807) is 11.8 Å². The number of carbonyl (C=O) groups excluding carboxylic acids is 1. The van der Waals surface area contributed by atoms with Gasteiger partial charge in [-0.05, 0) is 40.4 Å². The molecule has 3 aromatic rings. The standard InChI is InChI=1S/C17H17N5OS/c1-24-15-9-5-8-14(11-15)19-17(23)16(22-12-18-20-21-22)10-13-6-3-2-4-7-13/h2-9,11-12,16H,10H2,1H3,(H,19,23). The SMILES string of the molecule is CSc1cccc(NC(=O)C(Cc2ccccc2)n2cnnn2)c1. The Labute approximate surface area is 144 Å². The molecule has 0 saturated heterocycles. The predicted molar refractivity (Wildman–Crippen MR) is 93.9 cm³/mol. The fourth-order valence-electron chi connectivity index (χ4n) is 2.38. The second kappa shape index (κ2) is 7.74. The largest absolute Gasteiger partial charge is 0.324 e. The Morgan fingerprint density at radius 3 is 2.75 bits per heavy atom. The third kappa shape index (κ3) is 3.99. The van der Waals surface area contributed by atoms with Crippen LogP contribution in [0, 0.1) is 0 Å². The molecule has 1 unspecified atom stereocenters. The number of anilines is 1. The van der Waals surface area contributed by atoms with Gasteiger partial charge in [0.05, 0.1) is 0 Å². The van der Waals surface area contributed by atoms with E-state index < -0.39 is 6.04 Å². The van der Waals surface area contributed by atoms with Crippen molar-refractivity contribution in [3.63, 3.8) is 0 Å². The van der Waals surface area contributed by atoms with Crippen molar-refractivity contribution in [1.82, 2.24) is 20.2 Å². The van der Waals surface area contributed by atoms with Crippen molar-refractivity contribution in [3.8, 4) is 0 Å². The van der Waals surface area contributed by atoms with Crippen LogP contribution in [0.5, 0.6) is 0 Å². The Bertz CT molecular complexity index is 792. The highest BCUT2D eigenvalue weighted by molar-refractivity contribution is 7.98. The second-order valence-corrected chi connectivity index (χ2v) is 6.10. The lowest BCUT2D eigenvalue weighted by Gasteiger charge is -2.16. The fourth-order valence-corrected chi connectivity index (χ4v) is 2.84. The molecular formula is C17H17N5OS. The number of tetrazole rings is 1. The molecule has 122 valence electrons. The summed E-state index contributed by atoms with van der Waals surface area (Å²) in [7, 11) is 0. The van der Waals surface area contributed by atoms with Crippen LogP contribution in [0.2, 0.25) is 0 Å². The van der Waals surface area contributed by atoms with E-state index in [9.17, 15) is 4.79 Å². The van der Waals surface area contributed by atoms with E-state index in [0.717, 1.165) is 16.1 Å². The molecular weight excluding hydrogens is 322 g/mol. The fraction of sp³-hybridized carbons (Fsp3) is 0.176. The van der Waals surface area contributed by atoms with Crippen LogP contribution < -0.4 is 5.32 Å². The number of nitrogens with one attached hydrogen (secondary N) is 1. The molecule has 24 heavy (non-hydrogen) atoms. The average molecular weight is 339 g/mol. The van der Waals surface area contributed by atoms with Crippen LogP contribution in [-0.2, 0) is 11.2 Å². The van der Waals surface area contributed by atoms with Gasteiger partial charge in [-0.1, -0.05) is 36.4 Å². The van der Waals surface area contributed by atoms with Crippen LogP contribution in [0.1, 0.15) is 11.6 Å². The lowest BCUT2D eigenvalue weighted by atomic mass is 10.1. The highest BCUT2D eigenvalue weighted by atomic mass is 32.2. The molecule has 0 aliphatic rings. The monoisotopic (exact) mass is 339 g/mol. The molecule has 1 aromatic heterocycles. The minimum absolute atomic E-state index is 0.149. The number of hydrogen-bond donors (Lipinski definition) is 1. The van der Waals surface area contributed by atoms with Crippen molar-refractivity contribution in [2.75, 3.05) is 11.6 Å². The zero-order valence-electron chi connectivity index (χ0n) is 13.2. The summed E-state index contributed by atoms with van der Waals surface area (Å²) in [4.78, 5) is 13.9. The van der Waals surface area contributed by atoms with Crippen molar-refractivity contribution in [2.24, 2.45) is 0 Å². The number of amides is 1. The Morgan fingerprint density at radius 2 is 2.04 bits per heavy atom. The van der Waals surface area contributed by atoms with Gasteiger partial charge in [-0.2, -0.15) is 0 Å². The number of aromatic nitrogens is 4. The van der Waals surface area contributed by atoms with Crippen molar-refractivity contribution in [2.45, 2.75) is 17.4 Å². The Balaban J connectivity index is 1.81. The van der Waals surface area contributed by atoms with E-state index in [1.165, 1.54) is 11.0 Å². The number of carbonyl (C=O) groups is 1. The van der Waals surface area contributed by atoms with Gasteiger partial charge in [-0.3, -0.25) is 4.79 Å². The molecule has 0 aliphatic carbocycles. The van der Waals surface area contributed by atoms with Crippen LogP contribution in [0.15, 0.2) is 65.8 Å². The molecule has 1 heterocycles. The molecule has 3 rings (SSSR count). The van der Waals surface area contributed by atoms with E-state index in [2.05, 4.69) is 20.8 Å². The molecule has 0 saturated carbocycles. The van der Waals surface area contributed by atoms with Gasteiger partial charge >= 0.3 is 0 Å². The smallest absolute Gasteiger partial charge is 0.249 e. The minimum atomic E-state index is -0.514. The Hall–Kier alpha value is -2.67. The van der Waals surface area contributed by atoms with Gasteiger partial charge in [0.15, 0.2) is 0 Å². The molecule has 2 aromatic carbocycles. The highest BCUT2D eigenvalue weighted by Gasteiger charge is 2.22. The van der Waals surface area contributed by atoms with Crippen LogP contribution in [0.3, 0.4) is 0 Å². The summed E-state index contributed by atoms with van der Waals surface area (Å²) in [6, 6.07) is 17.0. The zero-order chi connectivity index (χ0) is 16.8. The van der Waals surface area contributed by atoms with Crippen molar-refractivity contribution in [3.05, 3.63) is 66.5 Å². The number of benzene rings is 2. The van der Waals surface area contributed by atoms with Gasteiger partial charge in [0.2, 0.25) is 5.91 Å². The quantitative estimate of drug-likeness (QED) is 0.699. The molecule has 1 amide bonds. The Kier molecular flexibility index (Phi) is 5.22. The summed E-state index contributed by atoms with van der Waals surface area (Å²) >= 11 is 1.63. The summed E-state index contributed by atoms with van der Waals surface area (Å²) in [6.45, 7) is 0. The van der Waals surface area contributed by atoms with Crippen molar-refractivity contribution < 1.29 is 4.79 Å². The van der Waals surface area contributed by atoms with Gasteiger partial charge in [-0.15, -0.1) is 16.9 Å². The molecule has 0 aliphatic heterocycles. The Morgan fingerprint density at radius 1 is 1.21 bits per heavy atom. The maximum atomic E-state index is 12.8. The summed E-state index contributed by atoms with van der Waals surface area (Å²) < 4.78 is 1.49. The summed E-state index contributed by atoms with van der Waals surface area (Å²) in [5, 5.41) is 14.2. The summed E-state index contributed by atoms with van der Waals surface area (Å²) in [6.07, 6.45) is 3.98. The first-order valence-electron chi connectivity index (χ1n) is 7.47. The molecule has 0 radical (unpaired) electrons. The van der Waals surface area contributed by atoms with E-state index in [1.807, 2.05) is 60.9 Å². The number of nitrogens with zero attached hydrogens (tertiary/aromatic N) is 4. The van der Waals surface area contributed by atoms with Gasteiger partial charge < -0.3 is 5.32 Å². The molecule has 6 nitrogen and oxygen atoms in total. The maximum absolute atomic E-state index is 12.8. The molecule has 0 spiro atoms. The average Bonchev–Trinajstić information content (AvgIpc) is 3.15. The molecule has 0 bridgehead atoms. The third-order valence-corrected chi connectivity index (χ3v) is 4.32. The van der Waals surface area contributed by atoms with E-state index in [4.69, 9.17) is 0 Å². The zero-order valence-corrected chi connectivity index (χ0v) is 14.0. The number of rotatable bonds is 6. The lowest BCUT2D eigenvalue weighted by Crippen LogP contribution is -2.28. The van der Waals surface area contributed by atoms with Crippen LogP contribution in [0.25, 0.3) is 0 Å². The van der Waals surface area contributed by atoms with E-state index >= 15 is 0 Å². The van der Waals surface area contributed by atoms with Crippen molar-refractivity contribution >= 4 is 23.4 Å². The second-order valence-electron chi connectivity index (χ2n) is 5.22. The summed E-state index contributed by atoms with van der Waals surface area (Å²) in [5.41, 5.74) is 1.81. The van der Waals surface area contributed by atoms with Crippen LogP contribution in [-0.4, -0.2) is 32.4 Å². The number of hydrogen-bond acceptors (Lipinski definition) is 5. The van der Waals surface area contributed by atoms with Gasteiger partial charge in [0.1, 0.15) is 12.4 Å². The lowest BCUT2D eigenvalue weighted by molar-refractivity contribution is -0.119. The van der Waals surface area contributed by atoms with Gasteiger partial charge in [0.25, 0.3) is 0 Å². The highest BCUT2D eigenvalue weighted by Crippen LogP contribution is 2.21. The maximum Gasteiger partial charge on any atom is 0.249 e. The predicted octanol–water partition coefficient (Wildman–Crippen LogP) is 2.82.